The second-order valence-corrected chi connectivity index (χ2v) is 12.8. The van der Waals surface area contributed by atoms with Gasteiger partial charge in [-0.25, -0.2) is 14.2 Å². The Bertz CT molecular complexity index is 817. The van der Waals surface area contributed by atoms with Crippen LogP contribution < -0.4 is 11.4 Å². The Balaban J connectivity index is 2.66. The van der Waals surface area contributed by atoms with Crippen molar-refractivity contribution in [2.45, 2.75) is 12.1 Å². The van der Waals surface area contributed by atoms with Gasteiger partial charge in [0.1, 0.15) is 0 Å². The molecule has 0 bridgehead atoms. The van der Waals surface area contributed by atoms with Crippen LogP contribution in [0.1, 0.15) is 5.56 Å². The van der Waals surface area contributed by atoms with Crippen molar-refractivity contribution in [3.63, 3.8) is 0 Å². The van der Waals surface area contributed by atoms with E-state index < -0.39 is 17.6 Å². The highest BCUT2D eigenvalue weighted by Crippen LogP contribution is 2.42. The van der Waals surface area contributed by atoms with Crippen LogP contribution in [0.15, 0.2) is 33.9 Å². The first kappa shape index (κ1) is 22.0. The van der Waals surface area contributed by atoms with Gasteiger partial charge in [-0.3, -0.25) is 0 Å². The second-order valence-electron chi connectivity index (χ2n) is 4.32. The summed E-state index contributed by atoms with van der Waals surface area (Å²) >= 11 is 40.9. The zero-order valence-electron chi connectivity index (χ0n) is 11.6. The van der Waals surface area contributed by atoms with Crippen LogP contribution in [0.25, 0.3) is 5.69 Å². The van der Waals surface area contributed by atoms with E-state index in [1.54, 1.807) is 24.3 Å². The molecular formula is C11H6Cl7N3O2S2. The first-order valence-corrected chi connectivity index (χ1v) is 10.4. The molecule has 0 atom stereocenters. The van der Waals surface area contributed by atoms with Crippen molar-refractivity contribution in [3.05, 3.63) is 50.8 Å². The molecule has 0 aliphatic heterocycles. The Morgan fingerprint density at radius 2 is 1.20 bits per heavy atom. The highest BCUT2D eigenvalue weighted by Gasteiger charge is 2.32. The molecule has 0 aliphatic rings. The lowest BCUT2D eigenvalue weighted by molar-refractivity contribution is 0.888. The molecule has 2 rings (SSSR count). The maximum atomic E-state index is 12.7. The number of benzene rings is 1. The molecule has 0 radical (unpaired) electrons. The zero-order chi connectivity index (χ0) is 19.0. The van der Waals surface area contributed by atoms with Gasteiger partial charge in [0.15, 0.2) is 0 Å². The summed E-state index contributed by atoms with van der Waals surface area (Å²) in [6.07, 6.45) is 0. The summed E-state index contributed by atoms with van der Waals surface area (Å²) in [6, 6.07) is 6.44. The van der Waals surface area contributed by atoms with E-state index >= 15 is 0 Å². The summed E-state index contributed by atoms with van der Waals surface area (Å²) in [6.45, 7) is 0. The third-order valence-corrected chi connectivity index (χ3v) is 5.66. The van der Waals surface area contributed by atoms with Gasteiger partial charge in [0.2, 0.25) is 0 Å². The third kappa shape index (κ3) is 5.83. The Hall–Kier alpha value is 0.690. The number of nitrogens with zero attached hydrogens (tertiary/aromatic N) is 3. The SMILES string of the molecule is O=c1n(-c2ccc(CCl)cc2)c(=O)n(SC(Cl)(Cl)Cl)n1SC(Cl)(Cl)Cl. The topological polar surface area (TPSA) is 48.9 Å². The van der Waals surface area contributed by atoms with Gasteiger partial charge in [-0.1, -0.05) is 81.7 Å². The van der Waals surface area contributed by atoms with Crippen LogP contribution in [0.2, 0.25) is 0 Å². The standard InChI is InChI=1S/C11H6Cl7N3O2S2/c12-5-6-1-3-7(4-2-6)19-8(22)20(24-10(13,14)15)21(9(19)23)25-11(16,17)18/h1-4H,5H2. The van der Waals surface area contributed by atoms with Gasteiger partial charge in [-0.05, 0) is 17.7 Å². The van der Waals surface area contributed by atoms with Crippen molar-refractivity contribution in [1.82, 2.24) is 12.7 Å². The summed E-state index contributed by atoms with van der Waals surface area (Å²) in [5, 5.41) is 0. The molecule has 0 amide bonds. The average molecular weight is 524 g/mol. The third-order valence-electron chi connectivity index (χ3n) is 2.60. The number of halogens is 7. The predicted octanol–water partition coefficient (Wildman–Crippen LogP) is 5.19. The van der Waals surface area contributed by atoms with E-state index in [9.17, 15) is 9.59 Å². The van der Waals surface area contributed by atoms with Crippen LogP contribution in [-0.4, -0.2) is 19.0 Å². The van der Waals surface area contributed by atoms with Crippen LogP contribution in [0.5, 0.6) is 0 Å². The fraction of sp³-hybridized carbons (Fsp3) is 0.273. The number of rotatable bonds is 4. The average Bonchev–Trinajstić information content (AvgIpc) is 2.69. The fourth-order valence-electron chi connectivity index (χ4n) is 1.71. The molecule has 0 fully saturated rings. The molecule has 0 spiro atoms. The van der Waals surface area contributed by atoms with Crippen LogP contribution in [0, 0.1) is 0 Å². The van der Waals surface area contributed by atoms with E-state index in [1.165, 1.54) is 0 Å². The molecule has 14 heteroatoms. The number of alkyl halides is 7. The molecule has 5 nitrogen and oxygen atoms in total. The lowest BCUT2D eigenvalue weighted by atomic mass is 10.2. The Kier molecular flexibility index (Phi) is 7.36. The normalized spacial score (nSPS) is 12.6. The molecule has 138 valence electrons. The lowest BCUT2D eigenvalue weighted by Gasteiger charge is -2.14. The molecule has 1 aromatic carbocycles. The molecule has 1 heterocycles. The van der Waals surface area contributed by atoms with E-state index in [-0.39, 0.29) is 11.6 Å². The van der Waals surface area contributed by atoms with E-state index in [2.05, 4.69) is 0 Å². The molecule has 0 saturated carbocycles. The van der Waals surface area contributed by atoms with Gasteiger partial charge >= 0.3 is 11.4 Å². The van der Waals surface area contributed by atoms with Gasteiger partial charge in [-0.15, -0.1) is 11.6 Å². The molecule has 25 heavy (non-hydrogen) atoms. The molecule has 0 saturated heterocycles. The Morgan fingerprint density at radius 1 is 0.800 bits per heavy atom. The Morgan fingerprint density at radius 3 is 1.52 bits per heavy atom. The number of hydrogen-bond donors (Lipinski definition) is 0. The van der Waals surface area contributed by atoms with E-state index in [1.807, 2.05) is 0 Å². The molecule has 2 aromatic rings. The summed E-state index contributed by atoms with van der Waals surface area (Å²) in [5.41, 5.74) is -0.487. The second kappa shape index (κ2) is 8.37. The van der Waals surface area contributed by atoms with Crippen molar-refractivity contribution >= 4 is 105 Å². The number of aromatic nitrogens is 3. The highest BCUT2D eigenvalue weighted by molar-refractivity contribution is 8.05. The van der Waals surface area contributed by atoms with E-state index in [0.717, 1.165) is 18.3 Å². The van der Waals surface area contributed by atoms with Crippen LogP contribution in [0.3, 0.4) is 0 Å². The first-order valence-electron chi connectivity index (χ1n) is 6.08. The lowest BCUT2D eigenvalue weighted by Crippen LogP contribution is -2.26. The minimum atomic E-state index is -1.93. The van der Waals surface area contributed by atoms with Gasteiger partial charge in [0.25, 0.3) is 6.25 Å². The molecule has 1 aromatic heterocycles. The quantitative estimate of drug-likeness (QED) is 0.517. The summed E-state index contributed by atoms with van der Waals surface area (Å²) in [7, 11) is 0. The first-order chi connectivity index (χ1) is 11.4. The minimum absolute atomic E-state index is 0.284. The molecule has 0 unspecified atom stereocenters. The van der Waals surface area contributed by atoms with Crippen molar-refractivity contribution in [2.24, 2.45) is 0 Å². The highest BCUT2D eigenvalue weighted by atomic mass is 35.6. The monoisotopic (exact) mass is 521 g/mol. The molecule has 0 N–H and O–H groups in total. The maximum absolute atomic E-state index is 12.7. The minimum Gasteiger partial charge on any atom is -0.244 e. The van der Waals surface area contributed by atoms with Gasteiger partial charge in [0.05, 0.1) is 5.69 Å². The molecule has 0 aliphatic carbocycles. The van der Waals surface area contributed by atoms with E-state index in [0.29, 0.717) is 23.9 Å². The summed E-state index contributed by atoms with van der Waals surface area (Å²) < 4.78 is -1.40. The zero-order valence-corrected chi connectivity index (χ0v) is 18.6. The van der Waals surface area contributed by atoms with Crippen LogP contribution in [-0.2, 0) is 5.88 Å². The van der Waals surface area contributed by atoms with Crippen molar-refractivity contribution < 1.29 is 0 Å². The van der Waals surface area contributed by atoms with E-state index in [4.69, 9.17) is 81.2 Å². The largest absolute Gasteiger partial charge is 0.363 e. The number of hydrogen-bond acceptors (Lipinski definition) is 4. The van der Waals surface area contributed by atoms with Crippen molar-refractivity contribution in [1.29, 1.82) is 0 Å². The van der Waals surface area contributed by atoms with Gasteiger partial charge < -0.3 is 0 Å². The smallest absolute Gasteiger partial charge is 0.244 e. The Labute approximate surface area is 185 Å². The summed E-state index contributed by atoms with van der Waals surface area (Å²) in [4.78, 5) is 25.3. The maximum Gasteiger partial charge on any atom is 0.363 e. The van der Waals surface area contributed by atoms with Crippen molar-refractivity contribution in [2.75, 3.05) is 0 Å². The molecular weight excluding hydrogens is 518 g/mol. The van der Waals surface area contributed by atoms with Crippen LogP contribution >= 0.6 is 105 Å². The van der Waals surface area contributed by atoms with Crippen molar-refractivity contribution in [3.8, 4) is 5.69 Å². The fourth-order valence-corrected chi connectivity index (χ4v) is 4.27. The summed E-state index contributed by atoms with van der Waals surface area (Å²) in [5.74, 6) is 0.284. The van der Waals surface area contributed by atoms with Gasteiger partial charge in [0, 0.05) is 29.8 Å². The predicted molar refractivity (Wildman–Crippen MR) is 110 cm³/mol. The van der Waals surface area contributed by atoms with Gasteiger partial charge in [-0.2, -0.15) is 8.17 Å². The van der Waals surface area contributed by atoms with Crippen LogP contribution in [0.4, 0.5) is 0 Å².